The summed E-state index contributed by atoms with van der Waals surface area (Å²) in [6, 6.07) is 9.32. The molecule has 2 unspecified atom stereocenters. The fraction of sp³-hybridized carbons (Fsp3) is 0.455. The minimum atomic E-state index is -0.500. The van der Waals surface area contributed by atoms with Crippen LogP contribution in [-0.2, 0) is 0 Å². The molecule has 3 nitrogen and oxygen atoms in total. The third-order valence-corrected chi connectivity index (χ3v) is 3.88. The average Bonchev–Trinajstić information content (AvgIpc) is 2.26. The van der Waals surface area contributed by atoms with Gasteiger partial charge in [-0.05, 0) is 18.6 Å². The zero-order valence-electron chi connectivity index (χ0n) is 8.92. The van der Waals surface area contributed by atoms with Crippen molar-refractivity contribution in [1.29, 1.82) is 0 Å². The summed E-state index contributed by atoms with van der Waals surface area (Å²) in [5, 5.41) is 10.7. The molecule has 0 bridgehead atoms. The van der Waals surface area contributed by atoms with Crippen molar-refractivity contribution >= 4 is 11.8 Å². The maximum atomic E-state index is 10.7. The summed E-state index contributed by atoms with van der Waals surface area (Å²) in [7, 11) is 0. The Bertz CT molecular complexity index is 316. The van der Waals surface area contributed by atoms with Crippen molar-refractivity contribution in [3.63, 3.8) is 0 Å². The molecule has 0 N–H and O–H groups in total. The van der Waals surface area contributed by atoms with E-state index in [1.165, 1.54) is 0 Å². The van der Waals surface area contributed by atoms with E-state index in [0.717, 1.165) is 11.3 Å². The van der Waals surface area contributed by atoms with Crippen LogP contribution in [-0.4, -0.2) is 16.2 Å². The number of thioether (sulfide) groups is 1. The van der Waals surface area contributed by atoms with E-state index in [4.69, 9.17) is 0 Å². The highest BCUT2D eigenvalue weighted by molar-refractivity contribution is 8.00. The standard InChI is InChI=1S/C11H15NO2S/c1-3-11(9(2)12(13)14)15-10-7-5-4-6-8-10/h4-9,11H,3H2,1-2H3. The highest BCUT2D eigenvalue weighted by Gasteiger charge is 2.25. The van der Waals surface area contributed by atoms with Crippen molar-refractivity contribution in [2.75, 3.05) is 0 Å². The SMILES string of the molecule is CCC(Sc1ccccc1)C(C)[N+](=O)[O-]. The number of nitrogens with zero attached hydrogens (tertiary/aromatic N) is 1. The first-order valence-corrected chi connectivity index (χ1v) is 5.88. The number of hydrogen-bond acceptors (Lipinski definition) is 3. The van der Waals surface area contributed by atoms with Gasteiger partial charge in [0, 0.05) is 16.7 Å². The third kappa shape index (κ3) is 3.55. The van der Waals surface area contributed by atoms with E-state index in [1.807, 2.05) is 37.3 Å². The normalized spacial score (nSPS) is 14.5. The van der Waals surface area contributed by atoms with Crippen molar-refractivity contribution in [2.45, 2.75) is 36.5 Å². The van der Waals surface area contributed by atoms with Crippen LogP contribution < -0.4 is 0 Å². The molecular weight excluding hydrogens is 210 g/mol. The van der Waals surface area contributed by atoms with Crippen LogP contribution in [0.3, 0.4) is 0 Å². The molecule has 0 spiro atoms. The molecule has 1 aromatic carbocycles. The van der Waals surface area contributed by atoms with Crippen LogP contribution >= 0.6 is 11.8 Å². The molecule has 1 aromatic rings. The summed E-state index contributed by atoms with van der Waals surface area (Å²) in [5.74, 6) is 0. The second-order valence-corrected chi connectivity index (χ2v) is 4.72. The minimum absolute atomic E-state index is 0.0439. The van der Waals surface area contributed by atoms with Crippen LogP contribution in [0, 0.1) is 10.1 Å². The summed E-state index contributed by atoms with van der Waals surface area (Å²) in [6.45, 7) is 3.66. The molecule has 0 aliphatic carbocycles. The molecular formula is C11H15NO2S. The maximum Gasteiger partial charge on any atom is 0.222 e. The van der Waals surface area contributed by atoms with Crippen LogP contribution in [0.25, 0.3) is 0 Å². The molecule has 2 atom stereocenters. The predicted molar refractivity (Wildman–Crippen MR) is 62.8 cm³/mol. The van der Waals surface area contributed by atoms with Crippen molar-refractivity contribution < 1.29 is 4.92 Å². The van der Waals surface area contributed by atoms with Gasteiger partial charge in [0.2, 0.25) is 6.04 Å². The van der Waals surface area contributed by atoms with E-state index in [-0.39, 0.29) is 10.2 Å². The molecule has 0 radical (unpaired) electrons. The van der Waals surface area contributed by atoms with E-state index < -0.39 is 6.04 Å². The minimum Gasteiger partial charge on any atom is -0.264 e. The van der Waals surface area contributed by atoms with Crippen LogP contribution in [0.2, 0.25) is 0 Å². The van der Waals surface area contributed by atoms with E-state index in [1.54, 1.807) is 18.7 Å². The van der Waals surface area contributed by atoms with Gasteiger partial charge < -0.3 is 0 Å². The van der Waals surface area contributed by atoms with Gasteiger partial charge in [-0.3, -0.25) is 10.1 Å². The number of benzene rings is 1. The highest BCUT2D eigenvalue weighted by atomic mass is 32.2. The second kappa shape index (κ2) is 5.75. The van der Waals surface area contributed by atoms with Crippen LogP contribution in [0.4, 0.5) is 0 Å². The Morgan fingerprint density at radius 1 is 1.40 bits per heavy atom. The molecule has 82 valence electrons. The van der Waals surface area contributed by atoms with E-state index in [2.05, 4.69) is 0 Å². The zero-order chi connectivity index (χ0) is 11.3. The first-order valence-electron chi connectivity index (χ1n) is 5.00. The Hall–Kier alpha value is -1.03. The fourth-order valence-electron chi connectivity index (χ4n) is 1.33. The summed E-state index contributed by atoms with van der Waals surface area (Å²) in [6.07, 6.45) is 0.807. The third-order valence-electron chi connectivity index (χ3n) is 2.30. The lowest BCUT2D eigenvalue weighted by atomic mass is 10.2. The fourth-order valence-corrected chi connectivity index (χ4v) is 2.46. The molecule has 0 saturated carbocycles. The van der Waals surface area contributed by atoms with Gasteiger partial charge in [0.1, 0.15) is 0 Å². The van der Waals surface area contributed by atoms with Crippen molar-refractivity contribution in [3.05, 3.63) is 40.4 Å². The molecule has 0 aliphatic rings. The van der Waals surface area contributed by atoms with E-state index in [0.29, 0.717) is 0 Å². The van der Waals surface area contributed by atoms with Gasteiger partial charge in [0.05, 0.1) is 5.25 Å². The van der Waals surface area contributed by atoms with Gasteiger partial charge in [-0.2, -0.15) is 0 Å². The number of nitro groups is 1. The van der Waals surface area contributed by atoms with Crippen LogP contribution in [0.5, 0.6) is 0 Å². The lowest BCUT2D eigenvalue weighted by Gasteiger charge is -2.15. The molecule has 0 fully saturated rings. The van der Waals surface area contributed by atoms with Gasteiger partial charge in [0.15, 0.2) is 0 Å². The Kier molecular flexibility index (Phi) is 4.62. The molecule has 0 heterocycles. The maximum absolute atomic E-state index is 10.7. The summed E-state index contributed by atoms with van der Waals surface area (Å²) in [4.78, 5) is 11.6. The van der Waals surface area contributed by atoms with Crippen LogP contribution in [0.15, 0.2) is 35.2 Å². The van der Waals surface area contributed by atoms with Crippen LogP contribution in [0.1, 0.15) is 20.3 Å². The van der Waals surface area contributed by atoms with E-state index >= 15 is 0 Å². The second-order valence-electron chi connectivity index (χ2n) is 3.40. The van der Waals surface area contributed by atoms with Crippen molar-refractivity contribution in [2.24, 2.45) is 0 Å². The Labute approximate surface area is 94.0 Å². The Balaban J connectivity index is 2.66. The summed E-state index contributed by atoms with van der Waals surface area (Å²) in [5.41, 5.74) is 0. The molecule has 0 amide bonds. The number of rotatable bonds is 5. The first kappa shape index (κ1) is 12.0. The average molecular weight is 225 g/mol. The monoisotopic (exact) mass is 225 g/mol. The van der Waals surface area contributed by atoms with Gasteiger partial charge in [-0.15, -0.1) is 11.8 Å². The topological polar surface area (TPSA) is 43.1 Å². The molecule has 0 aliphatic heterocycles. The Morgan fingerprint density at radius 2 is 2.00 bits per heavy atom. The lowest BCUT2D eigenvalue weighted by molar-refractivity contribution is -0.517. The molecule has 0 aromatic heterocycles. The molecule has 0 saturated heterocycles. The molecule has 1 rings (SSSR count). The van der Waals surface area contributed by atoms with Gasteiger partial charge in [0.25, 0.3) is 0 Å². The quantitative estimate of drug-likeness (QED) is 0.439. The van der Waals surface area contributed by atoms with Gasteiger partial charge in [-0.25, -0.2) is 0 Å². The summed E-state index contributed by atoms with van der Waals surface area (Å²) < 4.78 is 0. The molecule has 15 heavy (non-hydrogen) atoms. The highest BCUT2D eigenvalue weighted by Crippen LogP contribution is 2.28. The lowest BCUT2D eigenvalue weighted by Crippen LogP contribution is -2.27. The van der Waals surface area contributed by atoms with Gasteiger partial charge in [-0.1, -0.05) is 25.1 Å². The Morgan fingerprint density at radius 3 is 2.47 bits per heavy atom. The number of hydrogen-bond donors (Lipinski definition) is 0. The molecule has 4 heteroatoms. The largest absolute Gasteiger partial charge is 0.264 e. The zero-order valence-corrected chi connectivity index (χ0v) is 9.74. The van der Waals surface area contributed by atoms with Crippen molar-refractivity contribution in [1.82, 2.24) is 0 Å². The van der Waals surface area contributed by atoms with E-state index in [9.17, 15) is 10.1 Å². The first-order chi connectivity index (χ1) is 7.15. The van der Waals surface area contributed by atoms with Gasteiger partial charge >= 0.3 is 0 Å². The van der Waals surface area contributed by atoms with Crippen molar-refractivity contribution in [3.8, 4) is 0 Å². The summed E-state index contributed by atoms with van der Waals surface area (Å²) >= 11 is 1.58. The predicted octanol–water partition coefficient (Wildman–Crippen LogP) is 3.22. The smallest absolute Gasteiger partial charge is 0.222 e.